The minimum absolute atomic E-state index is 0.0523. The van der Waals surface area contributed by atoms with Gasteiger partial charge in [0.25, 0.3) is 0 Å². The van der Waals surface area contributed by atoms with Gasteiger partial charge in [-0.05, 0) is 49.5 Å². The number of carbonyl (C=O) groups excluding carboxylic acids is 1. The van der Waals surface area contributed by atoms with E-state index in [9.17, 15) is 4.79 Å². The molecule has 1 aliphatic heterocycles. The molecule has 1 aliphatic rings. The standard InChI is InChI=1S/C18H25N3O2/c1-23-11-10-21-8-6-17(7-9-21)14-20-18(22)12-15-2-4-16(13-19)5-3-15/h2-5,17H,6-12,14H2,1H3,(H,20,22). The van der Waals surface area contributed by atoms with Crippen LogP contribution in [0.4, 0.5) is 0 Å². The molecule has 1 aromatic rings. The Morgan fingerprint density at radius 3 is 2.65 bits per heavy atom. The van der Waals surface area contributed by atoms with E-state index in [4.69, 9.17) is 10.00 Å². The zero-order chi connectivity index (χ0) is 16.5. The van der Waals surface area contributed by atoms with Crippen molar-refractivity contribution in [2.45, 2.75) is 19.3 Å². The summed E-state index contributed by atoms with van der Waals surface area (Å²) in [5, 5.41) is 11.8. The molecular formula is C18H25N3O2. The van der Waals surface area contributed by atoms with Gasteiger partial charge in [-0.1, -0.05) is 12.1 Å². The average Bonchev–Trinajstić information content (AvgIpc) is 2.59. The first kappa shape index (κ1) is 17.5. The predicted molar refractivity (Wildman–Crippen MR) is 88.9 cm³/mol. The summed E-state index contributed by atoms with van der Waals surface area (Å²) in [6.45, 7) is 4.70. The zero-order valence-corrected chi connectivity index (χ0v) is 13.8. The van der Waals surface area contributed by atoms with Crippen molar-refractivity contribution in [1.82, 2.24) is 10.2 Å². The van der Waals surface area contributed by atoms with E-state index in [0.29, 0.717) is 17.9 Å². The number of hydrogen-bond acceptors (Lipinski definition) is 4. The maximum atomic E-state index is 12.0. The normalized spacial score (nSPS) is 16.0. The number of amides is 1. The molecule has 0 spiro atoms. The molecule has 124 valence electrons. The van der Waals surface area contributed by atoms with E-state index in [0.717, 1.165) is 51.2 Å². The van der Waals surface area contributed by atoms with Crippen molar-refractivity contribution in [1.29, 1.82) is 5.26 Å². The lowest BCUT2D eigenvalue weighted by molar-refractivity contribution is -0.120. The molecule has 2 rings (SSSR count). The topological polar surface area (TPSA) is 65.4 Å². The number of carbonyl (C=O) groups is 1. The molecule has 5 heteroatoms. The Hall–Kier alpha value is -1.90. The van der Waals surface area contributed by atoms with Crippen LogP contribution in [-0.4, -0.2) is 50.7 Å². The fourth-order valence-corrected chi connectivity index (χ4v) is 2.84. The minimum Gasteiger partial charge on any atom is -0.383 e. The lowest BCUT2D eigenvalue weighted by Gasteiger charge is -2.31. The molecular weight excluding hydrogens is 290 g/mol. The Balaban J connectivity index is 1.66. The first-order chi connectivity index (χ1) is 11.2. The number of hydrogen-bond donors (Lipinski definition) is 1. The van der Waals surface area contributed by atoms with Crippen molar-refractivity contribution >= 4 is 5.91 Å². The Bertz CT molecular complexity index is 528. The highest BCUT2D eigenvalue weighted by Gasteiger charge is 2.19. The van der Waals surface area contributed by atoms with Gasteiger partial charge in [0.05, 0.1) is 24.7 Å². The molecule has 23 heavy (non-hydrogen) atoms. The minimum atomic E-state index is 0.0523. The molecule has 1 N–H and O–H groups in total. The molecule has 0 bridgehead atoms. The van der Waals surface area contributed by atoms with Crippen molar-refractivity contribution in [3.05, 3.63) is 35.4 Å². The Labute approximate surface area is 138 Å². The molecule has 0 aromatic heterocycles. The monoisotopic (exact) mass is 315 g/mol. The van der Waals surface area contributed by atoms with Crippen LogP contribution in [0.15, 0.2) is 24.3 Å². The first-order valence-corrected chi connectivity index (χ1v) is 8.18. The number of ether oxygens (including phenoxy) is 1. The molecule has 1 amide bonds. The van der Waals surface area contributed by atoms with Gasteiger partial charge in [-0.3, -0.25) is 4.79 Å². The maximum Gasteiger partial charge on any atom is 0.224 e. The van der Waals surface area contributed by atoms with Crippen molar-refractivity contribution in [2.24, 2.45) is 5.92 Å². The third kappa shape index (κ3) is 6.01. The van der Waals surface area contributed by atoms with E-state index in [2.05, 4.69) is 16.3 Å². The van der Waals surface area contributed by atoms with E-state index in [1.807, 2.05) is 12.1 Å². The predicted octanol–water partition coefficient (Wildman–Crippen LogP) is 1.58. The Kier molecular flexibility index (Phi) is 7.05. The molecule has 0 radical (unpaired) electrons. The number of nitriles is 1. The smallest absolute Gasteiger partial charge is 0.224 e. The SMILES string of the molecule is COCCN1CCC(CNC(=O)Cc2ccc(C#N)cc2)CC1. The van der Waals surface area contributed by atoms with Crippen LogP contribution in [-0.2, 0) is 16.0 Å². The van der Waals surface area contributed by atoms with Crippen LogP contribution in [0.2, 0.25) is 0 Å². The Morgan fingerprint density at radius 2 is 2.04 bits per heavy atom. The van der Waals surface area contributed by atoms with Crippen LogP contribution >= 0.6 is 0 Å². The number of nitrogens with one attached hydrogen (secondary N) is 1. The van der Waals surface area contributed by atoms with Crippen LogP contribution in [0.25, 0.3) is 0 Å². The zero-order valence-electron chi connectivity index (χ0n) is 13.8. The highest BCUT2D eigenvalue weighted by atomic mass is 16.5. The summed E-state index contributed by atoms with van der Waals surface area (Å²) in [5.41, 5.74) is 1.56. The molecule has 5 nitrogen and oxygen atoms in total. The molecule has 1 fully saturated rings. The van der Waals surface area contributed by atoms with Gasteiger partial charge >= 0.3 is 0 Å². The largest absolute Gasteiger partial charge is 0.383 e. The number of rotatable bonds is 7. The van der Waals surface area contributed by atoms with Crippen LogP contribution in [0, 0.1) is 17.2 Å². The van der Waals surface area contributed by atoms with E-state index in [1.165, 1.54) is 0 Å². The fourth-order valence-electron chi connectivity index (χ4n) is 2.84. The molecule has 1 aromatic carbocycles. The van der Waals surface area contributed by atoms with Crippen LogP contribution in [0.3, 0.4) is 0 Å². The lowest BCUT2D eigenvalue weighted by atomic mass is 9.96. The number of likely N-dealkylation sites (tertiary alicyclic amines) is 1. The lowest BCUT2D eigenvalue weighted by Crippen LogP contribution is -2.40. The van der Waals surface area contributed by atoms with Gasteiger partial charge in [-0.2, -0.15) is 5.26 Å². The van der Waals surface area contributed by atoms with E-state index in [1.54, 1.807) is 19.2 Å². The summed E-state index contributed by atoms with van der Waals surface area (Å²) in [4.78, 5) is 14.4. The second-order valence-corrected chi connectivity index (χ2v) is 6.07. The van der Waals surface area contributed by atoms with Gasteiger partial charge in [0.1, 0.15) is 0 Å². The highest BCUT2D eigenvalue weighted by Crippen LogP contribution is 2.16. The van der Waals surface area contributed by atoms with Crippen LogP contribution in [0.1, 0.15) is 24.0 Å². The van der Waals surface area contributed by atoms with Gasteiger partial charge in [0.15, 0.2) is 0 Å². The summed E-state index contributed by atoms with van der Waals surface area (Å²) >= 11 is 0. The maximum absolute atomic E-state index is 12.0. The molecule has 1 saturated heterocycles. The highest BCUT2D eigenvalue weighted by molar-refractivity contribution is 5.78. The van der Waals surface area contributed by atoms with Crippen molar-refractivity contribution in [3.8, 4) is 6.07 Å². The van der Waals surface area contributed by atoms with Gasteiger partial charge in [-0.15, -0.1) is 0 Å². The molecule has 1 heterocycles. The van der Waals surface area contributed by atoms with Gasteiger partial charge in [-0.25, -0.2) is 0 Å². The average molecular weight is 315 g/mol. The number of methoxy groups -OCH3 is 1. The summed E-state index contributed by atoms with van der Waals surface area (Å²) in [5.74, 6) is 0.621. The second-order valence-electron chi connectivity index (χ2n) is 6.07. The van der Waals surface area contributed by atoms with E-state index >= 15 is 0 Å². The number of nitrogens with zero attached hydrogens (tertiary/aromatic N) is 2. The number of piperidine rings is 1. The van der Waals surface area contributed by atoms with E-state index < -0.39 is 0 Å². The van der Waals surface area contributed by atoms with Crippen LogP contribution < -0.4 is 5.32 Å². The summed E-state index contributed by atoms with van der Waals surface area (Å²) in [6.07, 6.45) is 2.63. The number of benzene rings is 1. The summed E-state index contributed by atoms with van der Waals surface area (Å²) in [6, 6.07) is 9.26. The van der Waals surface area contributed by atoms with Gasteiger partial charge in [0.2, 0.25) is 5.91 Å². The molecule has 0 saturated carbocycles. The summed E-state index contributed by atoms with van der Waals surface area (Å²) in [7, 11) is 1.73. The van der Waals surface area contributed by atoms with E-state index in [-0.39, 0.29) is 5.91 Å². The third-order valence-electron chi connectivity index (χ3n) is 4.35. The quantitative estimate of drug-likeness (QED) is 0.829. The molecule has 0 unspecified atom stereocenters. The molecule has 0 aliphatic carbocycles. The summed E-state index contributed by atoms with van der Waals surface area (Å²) < 4.78 is 5.11. The second kappa shape index (κ2) is 9.29. The van der Waals surface area contributed by atoms with Gasteiger partial charge in [0, 0.05) is 20.2 Å². The van der Waals surface area contributed by atoms with Gasteiger partial charge < -0.3 is 15.0 Å². The Morgan fingerprint density at radius 1 is 1.35 bits per heavy atom. The fraction of sp³-hybridized carbons (Fsp3) is 0.556. The molecule has 0 atom stereocenters. The van der Waals surface area contributed by atoms with Crippen LogP contribution in [0.5, 0.6) is 0 Å². The van der Waals surface area contributed by atoms with Crippen molar-refractivity contribution in [2.75, 3.05) is 39.9 Å². The first-order valence-electron chi connectivity index (χ1n) is 8.18. The van der Waals surface area contributed by atoms with Crippen molar-refractivity contribution < 1.29 is 9.53 Å². The third-order valence-corrected chi connectivity index (χ3v) is 4.35. The van der Waals surface area contributed by atoms with Crippen molar-refractivity contribution in [3.63, 3.8) is 0 Å².